The topological polar surface area (TPSA) is 64.3 Å². The fourth-order valence-corrected chi connectivity index (χ4v) is 2.07. The van der Waals surface area contributed by atoms with Gasteiger partial charge in [0.15, 0.2) is 6.61 Å². The second-order valence-electron chi connectivity index (χ2n) is 5.42. The Balaban J connectivity index is 2.53. The van der Waals surface area contributed by atoms with E-state index >= 15 is 0 Å². The van der Waals surface area contributed by atoms with Crippen molar-refractivity contribution < 1.29 is 9.53 Å². The van der Waals surface area contributed by atoms with Gasteiger partial charge in [0.05, 0.1) is 0 Å². The number of carbonyl (C=O) groups is 1. The van der Waals surface area contributed by atoms with E-state index in [4.69, 9.17) is 10.5 Å². The van der Waals surface area contributed by atoms with Crippen molar-refractivity contribution in [2.75, 3.05) is 13.2 Å². The van der Waals surface area contributed by atoms with Gasteiger partial charge in [0.25, 0.3) is 5.91 Å². The molecular weight excluding hydrogens is 320 g/mol. The van der Waals surface area contributed by atoms with Gasteiger partial charge < -0.3 is 15.8 Å². The SMILES string of the molecule is CC(C)CNC(=O)COc1ccc(Br)c(CC(C)N)c1. The molecule has 1 aromatic rings. The van der Waals surface area contributed by atoms with Crippen molar-refractivity contribution in [1.29, 1.82) is 0 Å². The van der Waals surface area contributed by atoms with E-state index in [1.807, 2.05) is 25.1 Å². The van der Waals surface area contributed by atoms with Gasteiger partial charge >= 0.3 is 0 Å². The standard InChI is InChI=1S/C15H23BrN2O2/c1-10(2)8-18-15(19)9-20-13-4-5-14(16)12(7-13)6-11(3)17/h4-5,7,10-11H,6,8-9,17H2,1-3H3,(H,18,19). The average Bonchev–Trinajstić information content (AvgIpc) is 2.36. The van der Waals surface area contributed by atoms with Crippen LogP contribution in [0, 0.1) is 5.92 Å². The summed E-state index contributed by atoms with van der Waals surface area (Å²) in [5, 5.41) is 2.82. The zero-order valence-electron chi connectivity index (χ0n) is 12.3. The molecule has 1 amide bonds. The molecule has 0 fully saturated rings. The van der Waals surface area contributed by atoms with Crippen LogP contribution in [0.15, 0.2) is 22.7 Å². The van der Waals surface area contributed by atoms with Crippen LogP contribution in [0.5, 0.6) is 5.75 Å². The number of hydrogen-bond donors (Lipinski definition) is 2. The van der Waals surface area contributed by atoms with E-state index in [0.29, 0.717) is 18.2 Å². The number of benzene rings is 1. The van der Waals surface area contributed by atoms with Crippen LogP contribution in [0.2, 0.25) is 0 Å². The number of halogens is 1. The van der Waals surface area contributed by atoms with E-state index in [9.17, 15) is 4.79 Å². The molecule has 4 nitrogen and oxygen atoms in total. The molecule has 1 aromatic carbocycles. The molecule has 0 aromatic heterocycles. The molecule has 1 unspecified atom stereocenters. The van der Waals surface area contributed by atoms with Crippen molar-refractivity contribution >= 4 is 21.8 Å². The fourth-order valence-electron chi connectivity index (χ4n) is 1.66. The van der Waals surface area contributed by atoms with Crippen LogP contribution in [0.25, 0.3) is 0 Å². The van der Waals surface area contributed by atoms with E-state index in [2.05, 4.69) is 35.1 Å². The number of ether oxygens (including phenoxy) is 1. The molecular formula is C15H23BrN2O2. The molecule has 0 aliphatic rings. The van der Waals surface area contributed by atoms with Gasteiger partial charge in [0, 0.05) is 17.1 Å². The van der Waals surface area contributed by atoms with E-state index in [-0.39, 0.29) is 18.6 Å². The van der Waals surface area contributed by atoms with Crippen molar-refractivity contribution in [3.63, 3.8) is 0 Å². The molecule has 0 bridgehead atoms. The smallest absolute Gasteiger partial charge is 0.257 e. The minimum atomic E-state index is -0.102. The third-order valence-electron chi connectivity index (χ3n) is 2.64. The van der Waals surface area contributed by atoms with Gasteiger partial charge in [-0.25, -0.2) is 0 Å². The summed E-state index contributed by atoms with van der Waals surface area (Å²) in [5.41, 5.74) is 6.89. The summed E-state index contributed by atoms with van der Waals surface area (Å²) in [6, 6.07) is 5.75. The lowest BCUT2D eigenvalue weighted by Crippen LogP contribution is -2.31. The van der Waals surface area contributed by atoms with Crippen molar-refractivity contribution in [2.24, 2.45) is 11.7 Å². The van der Waals surface area contributed by atoms with Crippen LogP contribution in [0.3, 0.4) is 0 Å². The quantitative estimate of drug-likeness (QED) is 0.800. The van der Waals surface area contributed by atoms with Crippen LogP contribution >= 0.6 is 15.9 Å². The van der Waals surface area contributed by atoms with E-state index in [0.717, 1.165) is 16.5 Å². The van der Waals surface area contributed by atoms with Gasteiger partial charge in [-0.05, 0) is 43.0 Å². The highest BCUT2D eigenvalue weighted by Crippen LogP contribution is 2.23. The molecule has 0 aliphatic carbocycles. The van der Waals surface area contributed by atoms with E-state index < -0.39 is 0 Å². The largest absolute Gasteiger partial charge is 0.484 e. The number of rotatable bonds is 7. The number of nitrogens with one attached hydrogen (secondary N) is 1. The first-order chi connectivity index (χ1) is 9.38. The first-order valence-corrected chi connectivity index (χ1v) is 7.61. The molecule has 0 aliphatic heterocycles. The summed E-state index contributed by atoms with van der Waals surface area (Å²) in [6.45, 7) is 6.76. The summed E-state index contributed by atoms with van der Waals surface area (Å²) < 4.78 is 6.51. The van der Waals surface area contributed by atoms with Gasteiger partial charge in [-0.15, -0.1) is 0 Å². The Kier molecular flexibility index (Phi) is 7.02. The molecule has 1 rings (SSSR count). The maximum absolute atomic E-state index is 11.6. The second-order valence-corrected chi connectivity index (χ2v) is 6.28. The highest BCUT2D eigenvalue weighted by atomic mass is 79.9. The van der Waals surface area contributed by atoms with Crippen molar-refractivity contribution in [3.05, 3.63) is 28.2 Å². The van der Waals surface area contributed by atoms with E-state index in [1.165, 1.54) is 0 Å². The number of hydrogen-bond acceptors (Lipinski definition) is 3. The summed E-state index contributed by atoms with van der Waals surface area (Å²) in [5.74, 6) is 1.02. The minimum Gasteiger partial charge on any atom is -0.484 e. The first-order valence-electron chi connectivity index (χ1n) is 6.82. The minimum absolute atomic E-state index is 0.0337. The molecule has 0 saturated heterocycles. The molecule has 3 N–H and O–H groups in total. The van der Waals surface area contributed by atoms with Crippen LogP contribution in [-0.4, -0.2) is 25.1 Å². The van der Waals surface area contributed by atoms with Gasteiger partial charge in [-0.1, -0.05) is 29.8 Å². The number of amides is 1. The Morgan fingerprint density at radius 2 is 2.10 bits per heavy atom. The molecule has 0 heterocycles. The summed E-state index contributed by atoms with van der Waals surface area (Å²) in [6.07, 6.45) is 0.761. The molecule has 0 radical (unpaired) electrons. The van der Waals surface area contributed by atoms with Crippen molar-refractivity contribution in [1.82, 2.24) is 5.32 Å². The zero-order valence-corrected chi connectivity index (χ0v) is 13.9. The Morgan fingerprint density at radius 1 is 1.40 bits per heavy atom. The predicted molar refractivity (Wildman–Crippen MR) is 84.8 cm³/mol. The van der Waals surface area contributed by atoms with Crippen molar-refractivity contribution in [3.8, 4) is 5.75 Å². The highest BCUT2D eigenvalue weighted by Gasteiger charge is 2.07. The lowest BCUT2D eigenvalue weighted by atomic mass is 10.1. The lowest BCUT2D eigenvalue weighted by molar-refractivity contribution is -0.123. The monoisotopic (exact) mass is 342 g/mol. The summed E-state index contributed by atoms with van der Waals surface area (Å²) in [4.78, 5) is 11.6. The maximum Gasteiger partial charge on any atom is 0.257 e. The Morgan fingerprint density at radius 3 is 2.70 bits per heavy atom. The maximum atomic E-state index is 11.6. The Hall–Kier alpha value is -1.07. The molecule has 1 atom stereocenters. The Bertz CT molecular complexity index is 447. The third-order valence-corrected chi connectivity index (χ3v) is 3.41. The van der Waals surface area contributed by atoms with Crippen LogP contribution in [0.4, 0.5) is 0 Å². The fraction of sp³-hybridized carbons (Fsp3) is 0.533. The molecule has 0 saturated carbocycles. The molecule has 112 valence electrons. The predicted octanol–water partition coefficient (Wildman–Crippen LogP) is 2.49. The van der Waals surface area contributed by atoms with Gasteiger partial charge in [0.2, 0.25) is 0 Å². The van der Waals surface area contributed by atoms with Crippen LogP contribution < -0.4 is 15.8 Å². The molecule has 20 heavy (non-hydrogen) atoms. The summed E-state index contributed by atoms with van der Waals surface area (Å²) >= 11 is 3.49. The van der Waals surface area contributed by atoms with Crippen molar-refractivity contribution in [2.45, 2.75) is 33.2 Å². The summed E-state index contributed by atoms with van der Waals surface area (Å²) in [7, 11) is 0. The van der Waals surface area contributed by atoms with Gasteiger partial charge in [-0.3, -0.25) is 4.79 Å². The lowest BCUT2D eigenvalue weighted by Gasteiger charge is -2.12. The normalized spacial score (nSPS) is 12.3. The van der Waals surface area contributed by atoms with Gasteiger partial charge in [-0.2, -0.15) is 0 Å². The number of carbonyl (C=O) groups excluding carboxylic acids is 1. The van der Waals surface area contributed by atoms with Crippen LogP contribution in [0.1, 0.15) is 26.3 Å². The second kappa shape index (κ2) is 8.27. The Labute approximate surface area is 129 Å². The first kappa shape index (κ1) is 17.0. The third kappa shape index (κ3) is 6.39. The van der Waals surface area contributed by atoms with Gasteiger partial charge in [0.1, 0.15) is 5.75 Å². The van der Waals surface area contributed by atoms with E-state index in [1.54, 1.807) is 0 Å². The zero-order chi connectivity index (χ0) is 15.1. The number of nitrogens with two attached hydrogens (primary N) is 1. The molecule has 0 spiro atoms. The highest BCUT2D eigenvalue weighted by molar-refractivity contribution is 9.10. The average molecular weight is 343 g/mol. The molecule has 5 heteroatoms. The van der Waals surface area contributed by atoms with Crippen LogP contribution in [-0.2, 0) is 11.2 Å².